The normalized spacial score (nSPS) is 15.5. The number of aryl methyl sites for hydroxylation is 1. The van der Waals surface area contributed by atoms with E-state index in [0.29, 0.717) is 6.54 Å². The lowest BCUT2D eigenvalue weighted by atomic mass is 10.1. The summed E-state index contributed by atoms with van der Waals surface area (Å²) in [7, 11) is 1.71. The topological polar surface area (TPSA) is 48.9 Å². The van der Waals surface area contributed by atoms with E-state index in [-0.39, 0.29) is 0 Å². The summed E-state index contributed by atoms with van der Waals surface area (Å²) in [4.78, 5) is 7.24. The van der Waals surface area contributed by atoms with E-state index < -0.39 is 0 Å². The lowest BCUT2D eigenvalue weighted by molar-refractivity contribution is 0.334. The molecular weight excluding hydrogens is 300 g/mol. The van der Waals surface area contributed by atoms with Gasteiger partial charge in [0.1, 0.15) is 5.75 Å². The van der Waals surface area contributed by atoms with Crippen molar-refractivity contribution >= 4 is 5.96 Å². The molecule has 5 nitrogen and oxygen atoms in total. The van der Waals surface area contributed by atoms with Gasteiger partial charge in [0.2, 0.25) is 0 Å². The van der Waals surface area contributed by atoms with Crippen molar-refractivity contribution in [3.63, 3.8) is 0 Å². The zero-order valence-electron chi connectivity index (χ0n) is 15.4. The number of rotatable bonds is 8. The van der Waals surface area contributed by atoms with Gasteiger partial charge in [-0.2, -0.15) is 0 Å². The van der Waals surface area contributed by atoms with E-state index in [9.17, 15) is 0 Å². The molecule has 0 bridgehead atoms. The molecule has 134 valence electrons. The van der Waals surface area contributed by atoms with Crippen molar-refractivity contribution in [2.45, 2.75) is 39.7 Å². The molecular formula is C19H32N4O. The van der Waals surface area contributed by atoms with Gasteiger partial charge in [0.25, 0.3) is 0 Å². The van der Waals surface area contributed by atoms with Crippen LogP contribution in [0.25, 0.3) is 0 Å². The van der Waals surface area contributed by atoms with Gasteiger partial charge in [-0.1, -0.05) is 12.1 Å². The fourth-order valence-electron chi connectivity index (χ4n) is 3.00. The quantitative estimate of drug-likeness (QED) is 0.436. The number of likely N-dealkylation sites (tertiary alicyclic amines) is 1. The molecule has 2 rings (SSSR count). The Morgan fingerprint density at radius 3 is 2.75 bits per heavy atom. The largest absolute Gasteiger partial charge is 0.496 e. The third-order valence-electron chi connectivity index (χ3n) is 4.34. The smallest absolute Gasteiger partial charge is 0.191 e. The molecule has 2 N–H and O–H groups in total. The number of benzene rings is 1. The molecule has 24 heavy (non-hydrogen) atoms. The number of methoxy groups -OCH3 is 1. The van der Waals surface area contributed by atoms with Crippen LogP contribution in [-0.4, -0.2) is 50.7 Å². The van der Waals surface area contributed by atoms with Gasteiger partial charge in [-0.05, 0) is 64.4 Å². The average molecular weight is 332 g/mol. The van der Waals surface area contributed by atoms with Gasteiger partial charge in [0, 0.05) is 18.7 Å². The second kappa shape index (κ2) is 10.2. The highest BCUT2D eigenvalue weighted by molar-refractivity contribution is 5.79. The standard InChI is InChI=1S/C19H32N4O/c1-4-20-19(21-10-7-13-23-11-5-6-12-23)22-15-17-9-8-16(2)14-18(17)24-3/h8-9,14H,4-7,10-13,15H2,1-3H3,(H2,20,21,22). The molecule has 0 amide bonds. The Hall–Kier alpha value is -1.75. The van der Waals surface area contributed by atoms with Gasteiger partial charge < -0.3 is 20.3 Å². The minimum absolute atomic E-state index is 0.616. The first-order valence-corrected chi connectivity index (χ1v) is 9.11. The SMILES string of the molecule is CCNC(=NCc1ccc(C)cc1OC)NCCCN1CCCC1. The fraction of sp³-hybridized carbons (Fsp3) is 0.632. The minimum atomic E-state index is 0.616. The van der Waals surface area contributed by atoms with Gasteiger partial charge >= 0.3 is 0 Å². The van der Waals surface area contributed by atoms with Crippen LogP contribution >= 0.6 is 0 Å². The second-order valence-electron chi connectivity index (χ2n) is 6.34. The first-order chi connectivity index (χ1) is 11.7. The van der Waals surface area contributed by atoms with E-state index in [0.717, 1.165) is 36.8 Å². The van der Waals surface area contributed by atoms with Crippen LogP contribution in [0.1, 0.15) is 37.3 Å². The number of aliphatic imine (C=N–C) groups is 1. The van der Waals surface area contributed by atoms with E-state index in [1.54, 1.807) is 7.11 Å². The molecule has 0 saturated carbocycles. The van der Waals surface area contributed by atoms with Crippen molar-refractivity contribution in [1.29, 1.82) is 0 Å². The third-order valence-corrected chi connectivity index (χ3v) is 4.34. The van der Waals surface area contributed by atoms with Gasteiger partial charge in [-0.3, -0.25) is 0 Å². The molecule has 5 heteroatoms. The highest BCUT2D eigenvalue weighted by Gasteiger charge is 2.10. The Labute approximate surface area is 146 Å². The van der Waals surface area contributed by atoms with Crippen LogP contribution in [0.3, 0.4) is 0 Å². The number of nitrogens with one attached hydrogen (secondary N) is 2. The molecule has 1 aliphatic heterocycles. The van der Waals surface area contributed by atoms with Crippen molar-refractivity contribution < 1.29 is 4.74 Å². The molecule has 1 saturated heterocycles. The van der Waals surface area contributed by atoms with Crippen LogP contribution in [0.5, 0.6) is 5.75 Å². The molecule has 1 aliphatic rings. The molecule has 0 unspecified atom stereocenters. The van der Waals surface area contributed by atoms with Crippen molar-refractivity contribution in [3.8, 4) is 5.75 Å². The summed E-state index contributed by atoms with van der Waals surface area (Å²) in [6.45, 7) is 10.3. The van der Waals surface area contributed by atoms with Crippen molar-refractivity contribution in [3.05, 3.63) is 29.3 Å². The lowest BCUT2D eigenvalue weighted by Gasteiger charge is -2.16. The van der Waals surface area contributed by atoms with Gasteiger partial charge in [0.15, 0.2) is 5.96 Å². The lowest BCUT2D eigenvalue weighted by Crippen LogP contribution is -2.38. The summed E-state index contributed by atoms with van der Waals surface area (Å²) in [5.41, 5.74) is 2.31. The number of nitrogens with zero attached hydrogens (tertiary/aromatic N) is 2. The molecule has 1 aromatic carbocycles. The maximum absolute atomic E-state index is 5.46. The molecule has 0 radical (unpaired) electrons. The van der Waals surface area contributed by atoms with E-state index in [1.807, 2.05) is 0 Å². The second-order valence-corrected chi connectivity index (χ2v) is 6.34. The van der Waals surface area contributed by atoms with Gasteiger partial charge in [-0.25, -0.2) is 4.99 Å². The first kappa shape index (κ1) is 18.6. The zero-order chi connectivity index (χ0) is 17.2. The van der Waals surface area contributed by atoms with Crippen LogP contribution in [0, 0.1) is 6.92 Å². The van der Waals surface area contributed by atoms with E-state index in [4.69, 9.17) is 9.73 Å². The molecule has 1 fully saturated rings. The van der Waals surface area contributed by atoms with E-state index >= 15 is 0 Å². The maximum atomic E-state index is 5.46. The number of hydrogen-bond acceptors (Lipinski definition) is 3. The average Bonchev–Trinajstić information content (AvgIpc) is 3.10. The van der Waals surface area contributed by atoms with E-state index in [2.05, 4.69) is 47.6 Å². The summed E-state index contributed by atoms with van der Waals surface area (Å²) < 4.78 is 5.46. The van der Waals surface area contributed by atoms with Crippen LogP contribution in [0.15, 0.2) is 23.2 Å². The molecule has 1 heterocycles. The molecule has 0 atom stereocenters. The number of guanidine groups is 1. The van der Waals surface area contributed by atoms with Crippen molar-refractivity contribution in [2.24, 2.45) is 4.99 Å². The van der Waals surface area contributed by atoms with Crippen molar-refractivity contribution in [2.75, 3.05) is 39.8 Å². The highest BCUT2D eigenvalue weighted by atomic mass is 16.5. The number of ether oxygens (including phenoxy) is 1. The highest BCUT2D eigenvalue weighted by Crippen LogP contribution is 2.20. The third kappa shape index (κ3) is 6.04. The summed E-state index contributed by atoms with van der Waals surface area (Å²) in [5, 5.41) is 6.75. The van der Waals surface area contributed by atoms with Crippen LogP contribution < -0.4 is 15.4 Å². The predicted molar refractivity (Wildman–Crippen MR) is 101 cm³/mol. The Morgan fingerprint density at radius 2 is 2.04 bits per heavy atom. The number of hydrogen-bond donors (Lipinski definition) is 2. The van der Waals surface area contributed by atoms with Gasteiger partial charge in [0.05, 0.1) is 13.7 Å². The summed E-state index contributed by atoms with van der Waals surface area (Å²) in [5.74, 6) is 1.78. The Balaban J connectivity index is 1.83. The molecule has 0 spiro atoms. The van der Waals surface area contributed by atoms with Crippen molar-refractivity contribution in [1.82, 2.24) is 15.5 Å². The Morgan fingerprint density at radius 1 is 1.25 bits per heavy atom. The molecule has 0 aromatic heterocycles. The Bertz CT molecular complexity index is 524. The first-order valence-electron chi connectivity index (χ1n) is 9.11. The Kier molecular flexibility index (Phi) is 7.89. The summed E-state index contributed by atoms with van der Waals surface area (Å²) in [6.07, 6.45) is 3.87. The van der Waals surface area contributed by atoms with Crippen LogP contribution in [0.2, 0.25) is 0 Å². The van der Waals surface area contributed by atoms with Crippen LogP contribution in [0.4, 0.5) is 0 Å². The predicted octanol–water partition coefficient (Wildman–Crippen LogP) is 2.54. The summed E-state index contributed by atoms with van der Waals surface area (Å²) in [6, 6.07) is 6.25. The summed E-state index contributed by atoms with van der Waals surface area (Å²) >= 11 is 0. The van der Waals surface area contributed by atoms with E-state index in [1.165, 1.54) is 38.0 Å². The maximum Gasteiger partial charge on any atom is 0.191 e. The minimum Gasteiger partial charge on any atom is -0.496 e. The monoisotopic (exact) mass is 332 g/mol. The zero-order valence-corrected chi connectivity index (χ0v) is 15.4. The fourth-order valence-corrected chi connectivity index (χ4v) is 3.00. The van der Waals surface area contributed by atoms with Crippen LogP contribution in [-0.2, 0) is 6.54 Å². The molecule has 0 aliphatic carbocycles. The van der Waals surface area contributed by atoms with Gasteiger partial charge in [-0.15, -0.1) is 0 Å². The molecule has 1 aromatic rings.